The molecule has 2 heterocycles. The predicted molar refractivity (Wildman–Crippen MR) is 133 cm³/mol. The van der Waals surface area contributed by atoms with Gasteiger partial charge in [0, 0.05) is 28.4 Å². The van der Waals surface area contributed by atoms with Gasteiger partial charge in [0.2, 0.25) is 0 Å². The number of carbonyl (C=O) groups is 1. The molecule has 0 fully saturated rings. The van der Waals surface area contributed by atoms with Crippen LogP contribution in [-0.2, 0) is 21.2 Å². The molecule has 0 atom stereocenters. The van der Waals surface area contributed by atoms with E-state index in [0.29, 0.717) is 44.8 Å². The average Bonchev–Trinajstić information content (AvgIpc) is 3.39. The SMILES string of the molecule is CCOc1ccc2c(c1)c(CCC(=O)O)cn2S(=O)(=O)c1sc(C)cc1-c1ccc(OC(F)(F)F)cc1. The van der Waals surface area contributed by atoms with Gasteiger partial charge in [-0.25, -0.2) is 3.97 Å². The molecule has 0 amide bonds. The number of hydrogen-bond donors (Lipinski definition) is 1. The second-order valence-electron chi connectivity index (χ2n) is 8.09. The Morgan fingerprint density at radius 3 is 2.38 bits per heavy atom. The highest BCUT2D eigenvalue weighted by Crippen LogP contribution is 2.39. The number of carboxylic acids is 1. The molecule has 12 heteroatoms. The number of alkyl halides is 3. The third-order valence-electron chi connectivity index (χ3n) is 5.46. The minimum atomic E-state index is -4.84. The van der Waals surface area contributed by atoms with E-state index in [1.54, 1.807) is 31.2 Å². The van der Waals surface area contributed by atoms with Gasteiger partial charge in [-0.2, -0.15) is 8.42 Å². The van der Waals surface area contributed by atoms with Crippen molar-refractivity contribution in [3.05, 3.63) is 65.2 Å². The molecule has 0 spiro atoms. The highest BCUT2D eigenvalue weighted by molar-refractivity contribution is 7.92. The number of thiophene rings is 1. The number of aliphatic carboxylic acids is 1. The second kappa shape index (κ2) is 10.1. The maximum Gasteiger partial charge on any atom is 0.573 e. The van der Waals surface area contributed by atoms with Crippen LogP contribution in [0.1, 0.15) is 23.8 Å². The van der Waals surface area contributed by atoms with Gasteiger partial charge in [0.05, 0.1) is 12.1 Å². The van der Waals surface area contributed by atoms with E-state index in [4.69, 9.17) is 9.84 Å². The lowest BCUT2D eigenvalue weighted by molar-refractivity contribution is -0.274. The van der Waals surface area contributed by atoms with Gasteiger partial charge in [0.15, 0.2) is 0 Å². The first-order valence-electron chi connectivity index (χ1n) is 11.1. The Hall–Kier alpha value is -3.51. The van der Waals surface area contributed by atoms with Gasteiger partial charge in [0.1, 0.15) is 15.7 Å². The van der Waals surface area contributed by atoms with Gasteiger partial charge < -0.3 is 14.6 Å². The van der Waals surface area contributed by atoms with Crippen LogP contribution < -0.4 is 9.47 Å². The number of aryl methyl sites for hydroxylation is 2. The third kappa shape index (κ3) is 5.75. The Labute approximate surface area is 214 Å². The predicted octanol–water partition coefficient (Wildman–Crippen LogP) is 6.23. The summed E-state index contributed by atoms with van der Waals surface area (Å²) in [7, 11) is -4.17. The first kappa shape index (κ1) is 26.6. The molecule has 1 N–H and O–H groups in total. The number of rotatable bonds is 9. The van der Waals surface area contributed by atoms with E-state index < -0.39 is 28.1 Å². The van der Waals surface area contributed by atoms with Crippen molar-refractivity contribution in [1.82, 2.24) is 3.97 Å². The number of ether oxygens (including phenoxy) is 2. The van der Waals surface area contributed by atoms with E-state index in [2.05, 4.69) is 4.74 Å². The van der Waals surface area contributed by atoms with Crippen molar-refractivity contribution < 1.29 is 41.0 Å². The number of halogens is 3. The van der Waals surface area contributed by atoms with E-state index in [0.717, 1.165) is 27.4 Å². The summed E-state index contributed by atoms with van der Waals surface area (Å²) in [4.78, 5) is 11.9. The number of nitrogens with zero attached hydrogens (tertiary/aromatic N) is 1. The van der Waals surface area contributed by atoms with Crippen molar-refractivity contribution >= 4 is 38.2 Å². The van der Waals surface area contributed by atoms with Crippen molar-refractivity contribution in [2.75, 3.05) is 6.61 Å². The van der Waals surface area contributed by atoms with Crippen LogP contribution in [0, 0.1) is 6.92 Å². The molecule has 0 unspecified atom stereocenters. The van der Waals surface area contributed by atoms with Crippen molar-refractivity contribution in [1.29, 1.82) is 0 Å². The standard InChI is InChI=1S/C25H22F3NO6S2/c1-3-34-19-9-10-22-20(13-19)17(6-11-23(30)31)14-29(22)37(32,33)24-21(12-15(2)36-24)16-4-7-18(8-5-16)35-25(26,27)28/h4-5,7-10,12-14H,3,6,11H2,1-2H3,(H,30,31). The van der Waals surface area contributed by atoms with E-state index in [9.17, 15) is 26.4 Å². The number of benzene rings is 2. The Morgan fingerprint density at radius 2 is 1.76 bits per heavy atom. The number of hydrogen-bond acceptors (Lipinski definition) is 6. The fourth-order valence-corrected chi connectivity index (χ4v) is 7.08. The van der Waals surface area contributed by atoms with Crippen molar-refractivity contribution in [3.63, 3.8) is 0 Å². The van der Waals surface area contributed by atoms with E-state index in [1.165, 1.54) is 18.3 Å². The Bertz CT molecular complexity index is 1550. The Kier molecular flexibility index (Phi) is 7.24. The van der Waals surface area contributed by atoms with E-state index in [1.807, 2.05) is 6.92 Å². The molecule has 37 heavy (non-hydrogen) atoms. The monoisotopic (exact) mass is 553 g/mol. The lowest BCUT2D eigenvalue weighted by Crippen LogP contribution is -2.16. The van der Waals surface area contributed by atoms with Gasteiger partial charge in [-0.1, -0.05) is 12.1 Å². The van der Waals surface area contributed by atoms with Gasteiger partial charge in [-0.15, -0.1) is 24.5 Å². The molecule has 2 aromatic heterocycles. The Morgan fingerprint density at radius 1 is 1.08 bits per heavy atom. The molecule has 4 rings (SSSR count). The Balaban J connectivity index is 1.82. The summed E-state index contributed by atoms with van der Waals surface area (Å²) in [5.74, 6) is -0.911. The number of aromatic nitrogens is 1. The summed E-state index contributed by atoms with van der Waals surface area (Å²) in [5, 5.41) is 9.71. The van der Waals surface area contributed by atoms with Gasteiger partial charge in [0.25, 0.3) is 10.0 Å². The van der Waals surface area contributed by atoms with Crippen LogP contribution in [0.5, 0.6) is 11.5 Å². The highest BCUT2D eigenvalue weighted by atomic mass is 32.2. The van der Waals surface area contributed by atoms with Gasteiger partial charge in [-0.05, 0) is 67.8 Å². The maximum atomic E-state index is 13.9. The van der Waals surface area contributed by atoms with E-state index in [-0.39, 0.29) is 17.1 Å². The summed E-state index contributed by atoms with van der Waals surface area (Å²) in [5.41, 5.74) is 1.63. The summed E-state index contributed by atoms with van der Waals surface area (Å²) in [6.45, 7) is 3.95. The quantitative estimate of drug-likeness (QED) is 0.264. The fourth-order valence-electron chi connectivity index (χ4n) is 3.95. The maximum absolute atomic E-state index is 13.9. The van der Waals surface area contributed by atoms with Crippen LogP contribution in [0.4, 0.5) is 13.2 Å². The molecule has 0 saturated heterocycles. The molecule has 2 aromatic carbocycles. The summed E-state index contributed by atoms with van der Waals surface area (Å²) >= 11 is 1.03. The third-order valence-corrected chi connectivity index (χ3v) is 8.69. The molecule has 7 nitrogen and oxygen atoms in total. The topological polar surface area (TPSA) is 94.8 Å². The molecule has 4 aromatic rings. The van der Waals surface area contributed by atoms with Crippen molar-refractivity contribution in [3.8, 4) is 22.6 Å². The first-order chi connectivity index (χ1) is 17.4. The lowest BCUT2D eigenvalue weighted by Gasteiger charge is -2.11. The molecule has 0 saturated carbocycles. The van der Waals surface area contributed by atoms with Crippen LogP contribution >= 0.6 is 11.3 Å². The van der Waals surface area contributed by atoms with E-state index >= 15 is 0 Å². The largest absolute Gasteiger partial charge is 0.573 e. The highest BCUT2D eigenvalue weighted by Gasteiger charge is 2.31. The minimum absolute atomic E-state index is 0.00468. The summed E-state index contributed by atoms with van der Waals surface area (Å²) in [6.07, 6.45) is -3.50. The van der Waals surface area contributed by atoms with Crippen LogP contribution in [0.2, 0.25) is 0 Å². The van der Waals surface area contributed by atoms with Gasteiger partial charge in [-0.3, -0.25) is 4.79 Å². The van der Waals surface area contributed by atoms with Crippen LogP contribution in [0.15, 0.2) is 58.9 Å². The zero-order valence-corrected chi connectivity index (χ0v) is 21.3. The van der Waals surface area contributed by atoms with Crippen LogP contribution in [0.25, 0.3) is 22.0 Å². The zero-order chi connectivity index (χ0) is 27.0. The number of carboxylic acid groups (broad SMARTS) is 1. The molecular formula is C25H22F3NO6S2. The first-order valence-corrected chi connectivity index (χ1v) is 13.4. The summed E-state index contributed by atoms with van der Waals surface area (Å²) < 4.78 is 76.0. The average molecular weight is 554 g/mol. The van der Waals surface area contributed by atoms with Crippen molar-refractivity contribution in [2.24, 2.45) is 0 Å². The molecule has 0 aliphatic rings. The second-order valence-corrected chi connectivity index (χ2v) is 11.4. The smallest absolute Gasteiger partial charge is 0.494 e. The number of fused-ring (bicyclic) bond motifs is 1. The van der Waals surface area contributed by atoms with Crippen molar-refractivity contribution in [2.45, 2.75) is 37.3 Å². The zero-order valence-electron chi connectivity index (χ0n) is 19.7. The molecule has 0 radical (unpaired) electrons. The molecule has 196 valence electrons. The minimum Gasteiger partial charge on any atom is -0.494 e. The molecule has 0 aliphatic carbocycles. The summed E-state index contributed by atoms with van der Waals surface area (Å²) in [6, 6.07) is 11.5. The lowest BCUT2D eigenvalue weighted by atomic mass is 10.1. The van der Waals surface area contributed by atoms with Crippen LogP contribution in [0.3, 0.4) is 0 Å². The molecule has 0 bridgehead atoms. The fraction of sp³-hybridized carbons (Fsp3) is 0.240. The van der Waals surface area contributed by atoms with Crippen LogP contribution in [-0.4, -0.2) is 36.4 Å². The van der Waals surface area contributed by atoms with Gasteiger partial charge >= 0.3 is 12.3 Å². The normalized spacial score (nSPS) is 12.1. The molecule has 0 aliphatic heterocycles. The molecular weight excluding hydrogens is 531 g/mol.